The Morgan fingerprint density at radius 2 is 2.00 bits per heavy atom. The minimum atomic E-state index is -0.824. The molecule has 0 aromatic carbocycles. The molecule has 0 aromatic heterocycles. The van der Waals surface area contributed by atoms with Gasteiger partial charge in [0.1, 0.15) is 0 Å². The van der Waals surface area contributed by atoms with E-state index in [2.05, 4.69) is 0 Å². The Morgan fingerprint density at radius 1 is 1.29 bits per heavy atom. The number of rotatable bonds is 4. The van der Waals surface area contributed by atoms with Crippen LogP contribution in [-0.4, -0.2) is 64.6 Å². The smallest absolute Gasteiger partial charge is 0.320 e. The first-order valence-electron chi connectivity index (χ1n) is 7.89. The molecular weight excluding hydrogens is 288 g/mol. The molecule has 1 atom stereocenters. The number of carbonyl (C=O) groups excluding carboxylic acids is 1. The molecule has 0 aromatic rings. The molecule has 0 bridgehead atoms. The molecule has 2 fully saturated rings. The second-order valence-corrected chi connectivity index (χ2v) is 7.34. The quantitative estimate of drug-likeness (QED) is 0.866. The van der Waals surface area contributed by atoms with E-state index in [4.69, 9.17) is 5.11 Å². The molecule has 1 unspecified atom stereocenters. The maximum Gasteiger partial charge on any atom is 0.320 e. The molecule has 1 aliphatic carbocycles. The molecule has 0 spiro atoms. The van der Waals surface area contributed by atoms with Crippen LogP contribution < -0.4 is 0 Å². The fourth-order valence-electron chi connectivity index (χ4n) is 3.33. The van der Waals surface area contributed by atoms with E-state index < -0.39 is 5.97 Å². The van der Waals surface area contributed by atoms with Crippen LogP contribution >= 0.6 is 11.8 Å². The molecular formula is C15H26N2O3S. The number of hydrogen-bond donors (Lipinski definition) is 1. The van der Waals surface area contributed by atoms with Gasteiger partial charge in [0.05, 0.1) is 12.5 Å². The van der Waals surface area contributed by atoms with Crippen molar-refractivity contribution >= 4 is 23.8 Å². The van der Waals surface area contributed by atoms with Crippen molar-refractivity contribution in [2.45, 2.75) is 44.6 Å². The van der Waals surface area contributed by atoms with Gasteiger partial charge in [0.2, 0.25) is 0 Å². The van der Waals surface area contributed by atoms with E-state index in [0.717, 1.165) is 18.1 Å². The van der Waals surface area contributed by atoms with E-state index >= 15 is 0 Å². The Hall–Kier alpha value is -0.910. The molecule has 1 heterocycles. The highest BCUT2D eigenvalue weighted by Gasteiger charge is 2.31. The van der Waals surface area contributed by atoms with Crippen LogP contribution in [-0.2, 0) is 4.79 Å². The molecule has 1 aliphatic heterocycles. The SMILES string of the molecule is CN(CC1CCCCC1)C(=O)N1CCSCC1CC(=O)O. The number of urea groups is 1. The highest BCUT2D eigenvalue weighted by Crippen LogP contribution is 2.25. The summed E-state index contributed by atoms with van der Waals surface area (Å²) in [4.78, 5) is 27.2. The Kier molecular flexibility index (Phi) is 6.21. The van der Waals surface area contributed by atoms with Gasteiger partial charge < -0.3 is 14.9 Å². The number of hydrogen-bond acceptors (Lipinski definition) is 3. The van der Waals surface area contributed by atoms with Crippen molar-refractivity contribution in [3.63, 3.8) is 0 Å². The molecule has 0 radical (unpaired) electrons. The minimum Gasteiger partial charge on any atom is -0.481 e. The third-order valence-electron chi connectivity index (χ3n) is 4.47. The molecule has 1 N–H and O–H groups in total. The predicted octanol–water partition coefficient (Wildman–Crippen LogP) is 2.51. The summed E-state index contributed by atoms with van der Waals surface area (Å²) in [6, 6.07) is -0.158. The molecule has 120 valence electrons. The predicted molar refractivity (Wildman–Crippen MR) is 84.7 cm³/mol. The van der Waals surface area contributed by atoms with Crippen molar-refractivity contribution in [3.05, 3.63) is 0 Å². The van der Waals surface area contributed by atoms with Crippen molar-refractivity contribution in [3.8, 4) is 0 Å². The third kappa shape index (κ3) is 4.80. The molecule has 5 nitrogen and oxygen atoms in total. The zero-order chi connectivity index (χ0) is 15.2. The topological polar surface area (TPSA) is 60.9 Å². The first-order valence-corrected chi connectivity index (χ1v) is 9.04. The van der Waals surface area contributed by atoms with Crippen LogP contribution in [0.2, 0.25) is 0 Å². The molecule has 21 heavy (non-hydrogen) atoms. The number of nitrogens with zero attached hydrogens (tertiary/aromatic N) is 2. The summed E-state index contributed by atoms with van der Waals surface area (Å²) in [7, 11) is 1.86. The first-order chi connectivity index (χ1) is 10.1. The lowest BCUT2D eigenvalue weighted by atomic mass is 9.89. The number of amides is 2. The average molecular weight is 314 g/mol. The van der Waals surface area contributed by atoms with E-state index in [9.17, 15) is 9.59 Å². The van der Waals surface area contributed by atoms with Crippen molar-refractivity contribution in [1.82, 2.24) is 9.80 Å². The minimum absolute atomic E-state index is 0.00660. The number of thioether (sulfide) groups is 1. The maximum absolute atomic E-state index is 12.6. The molecule has 2 aliphatic rings. The monoisotopic (exact) mass is 314 g/mol. The summed E-state index contributed by atoms with van der Waals surface area (Å²) in [6.45, 7) is 1.47. The van der Waals surface area contributed by atoms with Crippen LogP contribution in [0, 0.1) is 5.92 Å². The summed E-state index contributed by atoms with van der Waals surface area (Å²) in [6.07, 6.45) is 6.34. The van der Waals surface area contributed by atoms with E-state index in [1.165, 1.54) is 32.1 Å². The van der Waals surface area contributed by atoms with Gasteiger partial charge in [0.25, 0.3) is 0 Å². The zero-order valence-corrected chi connectivity index (χ0v) is 13.6. The van der Waals surface area contributed by atoms with Crippen molar-refractivity contribution < 1.29 is 14.7 Å². The van der Waals surface area contributed by atoms with Crippen LogP contribution in [0.1, 0.15) is 38.5 Å². The average Bonchev–Trinajstić information content (AvgIpc) is 2.47. The van der Waals surface area contributed by atoms with Crippen molar-refractivity contribution in [1.29, 1.82) is 0 Å². The largest absolute Gasteiger partial charge is 0.481 e. The summed E-state index contributed by atoms with van der Waals surface area (Å²) in [5.74, 6) is 1.43. The third-order valence-corrected chi connectivity index (χ3v) is 5.56. The van der Waals surface area contributed by atoms with E-state index in [1.54, 1.807) is 21.6 Å². The number of carbonyl (C=O) groups is 2. The van der Waals surface area contributed by atoms with Gasteiger partial charge in [-0.3, -0.25) is 4.79 Å². The first kappa shape index (κ1) is 16.5. The van der Waals surface area contributed by atoms with Gasteiger partial charge in [-0.25, -0.2) is 4.79 Å². The number of carboxylic acid groups (broad SMARTS) is 1. The van der Waals surface area contributed by atoms with Gasteiger partial charge in [-0.1, -0.05) is 19.3 Å². The Labute approximate surface area is 131 Å². The fourth-order valence-corrected chi connectivity index (χ4v) is 4.39. The second kappa shape index (κ2) is 7.92. The fraction of sp³-hybridized carbons (Fsp3) is 0.867. The van der Waals surface area contributed by atoms with Gasteiger partial charge in [-0.05, 0) is 18.8 Å². The van der Waals surface area contributed by atoms with Crippen LogP contribution in [0.4, 0.5) is 4.79 Å². The summed E-state index contributed by atoms with van der Waals surface area (Å²) in [5.41, 5.74) is 0. The van der Waals surface area contributed by atoms with Crippen LogP contribution in [0.15, 0.2) is 0 Å². The normalized spacial score (nSPS) is 23.9. The summed E-state index contributed by atoms with van der Waals surface area (Å²) < 4.78 is 0. The summed E-state index contributed by atoms with van der Waals surface area (Å²) in [5, 5.41) is 9.00. The number of carboxylic acids is 1. The lowest BCUT2D eigenvalue weighted by Crippen LogP contribution is -2.52. The highest BCUT2D eigenvalue weighted by molar-refractivity contribution is 7.99. The van der Waals surface area contributed by atoms with E-state index in [0.29, 0.717) is 12.5 Å². The van der Waals surface area contributed by atoms with Gasteiger partial charge in [0.15, 0.2) is 0 Å². The zero-order valence-electron chi connectivity index (χ0n) is 12.8. The summed E-state index contributed by atoms with van der Waals surface area (Å²) >= 11 is 1.74. The van der Waals surface area contributed by atoms with Crippen molar-refractivity contribution in [2.75, 3.05) is 31.6 Å². The van der Waals surface area contributed by atoms with Gasteiger partial charge in [-0.15, -0.1) is 0 Å². The van der Waals surface area contributed by atoms with Gasteiger partial charge in [0, 0.05) is 31.6 Å². The molecule has 1 saturated carbocycles. The Morgan fingerprint density at radius 3 is 2.67 bits per heavy atom. The highest BCUT2D eigenvalue weighted by atomic mass is 32.2. The molecule has 6 heteroatoms. The Balaban J connectivity index is 1.90. The van der Waals surface area contributed by atoms with E-state index in [-0.39, 0.29) is 18.5 Å². The molecule has 1 saturated heterocycles. The van der Waals surface area contributed by atoms with E-state index in [1.807, 2.05) is 7.05 Å². The Bertz CT molecular complexity index is 372. The lowest BCUT2D eigenvalue weighted by Gasteiger charge is -2.38. The maximum atomic E-state index is 12.6. The van der Waals surface area contributed by atoms with Crippen molar-refractivity contribution in [2.24, 2.45) is 5.92 Å². The van der Waals surface area contributed by atoms with Gasteiger partial charge >= 0.3 is 12.0 Å². The van der Waals surface area contributed by atoms with Crippen LogP contribution in [0.5, 0.6) is 0 Å². The van der Waals surface area contributed by atoms with Crippen LogP contribution in [0.25, 0.3) is 0 Å². The van der Waals surface area contributed by atoms with Gasteiger partial charge in [-0.2, -0.15) is 11.8 Å². The second-order valence-electron chi connectivity index (χ2n) is 6.19. The molecule has 2 rings (SSSR count). The number of aliphatic carboxylic acids is 1. The standard InChI is InChI=1S/C15H26N2O3S/c1-16(10-12-5-3-2-4-6-12)15(20)17-7-8-21-11-13(17)9-14(18)19/h12-13H,2-11H2,1H3,(H,18,19). The molecule has 2 amide bonds. The van der Waals surface area contributed by atoms with Crippen LogP contribution in [0.3, 0.4) is 0 Å². The lowest BCUT2D eigenvalue weighted by molar-refractivity contribution is -0.138.